The molecule has 6 nitrogen and oxygen atoms in total. The van der Waals surface area contributed by atoms with Crippen LogP contribution in [0.4, 0.5) is 16.3 Å². The molecule has 1 aromatic heterocycles. The van der Waals surface area contributed by atoms with Gasteiger partial charge in [-0.3, -0.25) is 10.2 Å². The normalized spacial score (nSPS) is 19.4. The number of carbonyl (C=O) groups is 1. The molecule has 0 spiro atoms. The molecule has 1 amide bonds. The Hall–Kier alpha value is -1.82. The Labute approximate surface area is 150 Å². The number of anilines is 2. The average molecular weight is 346 g/mol. The Morgan fingerprint density at radius 1 is 1.28 bits per heavy atom. The summed E-state index contributed by atoms with van der Waals surface area (Å²) in [5.41, 5.74) is 0.733. The predicted molar refractivity (Wildman–Crippen MR) is 100 cm³/mol. The van der Waals surface area contributed by atoms with Crippen molar-refractivity contribution in [1.82, 2.24) is 9.88 Å². The van der Waals surface area contributed by atoms with E-state index < -0.39 is 6.09 Å². The zero-order valence-electron chi connectivity index (χ0n) is 15.4. The molecule has 0 unspecified atom stereocenters. The maximum absolute atomic E-state index is 11.8. The number of pyridine rings is 1. The fraction of sp³-hybridized carbons (Fsp3) is 0.684. The summed E-state index contributed by atoms with van der Waals surface area (Å²) < 4.78 is 5.17. The Morgan fingerprint density at radius 3 is 2.68 bits per heavy atom. The molecule has 2 heterocycles. The van der Waals surface area contributed by atoms with E-state index >= 15 is 0 Å². The van der Waals surface area contributed by atoms with Gasteiger partial charge in [-0.2, -0.15) is 0 Å². The minimum absolute atomic E-state index is 0.329. The highest BCUT2D eigenvalue weighted by molar-refractivity contribution is 5.85. The van der Waals surface area contributed by atoms with Gasteiger partial charge in [-0.05, 0) is 24.8 Å². The Balaban J connectivity index is 1.52. The van der Waals surface area contributed by atoms with Gasteiger partial charge in [0.2, 0.25) is 0 Å². The van der Waals surface area contributed by atoms with E-state index in [1.807, 2.05) is 19.9 Å². The monoisotopic (exact) mass is 346 g/mol. The maximum Gasteiger partial charge on any atom is 0.411 e. The van der Waals surface area contributed by atoms with E-state index in [1.54, 1.807) is 12.3 Å². The lowest BCUT2D eigenvalue weighted by molar-refractivity contribution is 0.147. The molecule has 1 aromatic rings. The molecule has 2 fully saturated rings. The first-order valence-electron chi connectivity index (χ1n) is 9.50. The van der Waals surface area contributed by atoms with Crippen LogP contribution in [0.1, 0.15) is 39.5 Å². The van der Waals surface area contributed by atoms with Crippen LogP contribution in [0.3, 0.4) is 0 Å². The van der Waals surface area contributed by atoms with Gasteiger partial charge in [-0.1, -0.05) is 26.7 Å². The largest absolute Gasteiger partial charge is 0.449 e. The van der Waals surface area contributed by atoms with Crippen molar-refractivity contribution in [3.05, 3.63) is 18.3 Å². The number of ether oxygens (including phenoxy) is 1. The highest BCUT2D eigenvalue weighted by atomic mass is 16.5. The zero-order chi connectivity index (χ0) is 17.6. The first kappa shape index (κ1) is 18.0. The zero-order valence-corrected chi connectivity index (χ0v) is 15.4. The van der Waals surface area contributed by atoms with Crippen LogP contribution < -0.4 is 10.2 Å². The second-order valence-electron chi connectivity index (χ2n) is 7.48. The van der Waals surface area contributed by atoms with Crippen LogP contribution in [-0.2, 0) is 4.74 Å². The number of piperazine rings is 1. The molecule has 1 aliphatic heterocycles. The second kappa shape index (κ2) is 8.52. The number of amides is 1. The molecule has 25 heavy (non-hydrogen) atoms. The number of hydrogen-bond acceptors (Lipinski definition) is 5. The van der Waals surface area contributed by atoms with Crippen LogP contribution in [0.15, 0.2) is 18.3 Å². The number of nitrogens with zero attached hydrogens (tertiary/aromatic N) is 3. The Kier molecular flexibility index (Phi) is 6.13. The van der Waals surface area contributed by atoms with Crippen molar-refractivity contribution in [3.8, 4) is 0 Å². The third-order valence-electron chi connectivity index (χ3n) is 5.02. The van der Waals surface area contributed by atoms with Crippen LogP contribution in [-0.4, -0.2) is 54.8 Å². The van der Waals surface area contributed by atoms with Crippen LogP contribution in [0.2, 0.25) is 0 Å². The number of rotatable bonds is 5. The van der Waals surface area contributed by atoms with Crippen LogP contribution in [0.25, 0.3) is 0 Å². The summed E-state index contributed by atoms with van der Waals surface area (Å²) in [6.07, 6.45) is 6.82. The van der Waals surface area contributed by atoms with Crippen molar-refractivity contribution in [3.63, 3.8) is 0 Å². The van der Waals surface area contributed by atoms with E-state index in [0.29, 0.717) is 12.5 Å². The summed E-state index contributed by atoms with van der Waals surface area (Å²) in [5, 5.41) is 2.79. The van der Waals surface area contributed by atoms with Gasteiger partial charge in [-0.25, -0.2) is 9.78 Å². The average Bonchev–Trinajstić information content (AvgIpc) is 3.15. The minimum atomic E-state index is -0.406. The molecule has 0 radical (unpaired) electrons. The predicted octanol–water partition coefficient (Wildman–Crippen LogP) is 3.35. The van der Waals surface area contributed by atoms with E-state index in [-0.39, 0.29) is 0 Å². The molecule has 6 heteroatoms. The molecule has 138 valence electrons. The van der Waals surface area contributed by atoms with E-state index in [9.17, 15) is 4.79 Å². The molecule has 1 saturated carbocycles. The number of carbonyl (C=O) groups excluding carboxylic acids is 1. The molecule has 0 atom stereocenters. The number of hydrogen-bond donors (Lipinski definition) is 1. The van der Waals surface area contributed by atoms with Gasteiger partial charge < -0.3 is 9.64 Å². The number of nitrogens with one attached hydrogen (secondary N) is 1. The van der Waals surface area contributed by atoms with Gasteiger partial charge in [0.05, 0.1) is 6.61 Å². The lowest BCUT2D eigenvalue weighted by Crippen LogP contribution is -2.50. The quantitative estimate of drug-likeness (QED) is 0.886. The highest BCUT2D eigenvalue weighted by Gasteiger charge is 2.26. The summed E-state index contributed by atoms with van der Waals surface area (Å²) in [6, 6.07) is 4.52. The first-order chi connectivity index (χ1) is 12.1. The van der Waals surface area contributed by atoms with Crippen molar-refractivity contribution < 1.29 is 9.53 Å². The maximum atomic E-state index is 11.8. The minimum Gasteiger partial charge on any atom is -0.449 e. The topological polar surface area (TPSA) is 57.7 Å². The van der Waals surface area contributed by atoms with E-state index in [4.69, 9.17) is 4.74 Å². The highest BCUT2D eigenvalue weighted by Crippen LogP contribution is 2.25. The van der Waals surface area contributed by atoms with Gasteiger partial charge in [0.15, 0.2) is 0 Å². The van der Waals surface area contributed by atoms with Crippen LogP contribution >= 0.6 is 0 Å². The Morgan fingerprint density at radius 2 is 2.00 bits per heavy atom. The molecule has 1 aliphatic carbocycles. The summed E-state index contributed by atoms with van der Waals surface area (Å²) in [7, 11) is 0. The van der Waals surface area contributed by atoms with Gasteiger partial charge in [0.25, 0.3) is 0 Å². The molecule has 0 bridgehead atoms. The molecular formula is C19H30N4O2. The van der Waals surface area contributed by atoms with Crippen LogP contribution in [0.5, 0.6) is 0 Å². The fourth-order valence-corrected chi connectivity index (χ4v) is 3.65. The van der Waals surface area contributed by atoms with Gasteiger partial charge in [0, 0.05) is 50.2 Å². The first-order valence-corrected chi connectivity index (χ1v) is 9.50. The molecule has 3 rings (SSSR count). The smallest absolute Gasteiger partial charge is 0.411 e. The van der Waals surface area contributed by atoms with Crippen molar-refractivity contribution >= 4 is 17.6 Å². The summed E-state index contributed by atoms with van der Waals surface area (Å²) in [4.78, 5) is 21.2. The van der Waals surface area contributed by atoms with Crippen molar-refractivity contribution in [2.75, 3.05) is 43.0 Å². The van der Waals surface area contributed by atoms with Crippen molar-refractivity contribution in [2.24, 2.45) is 5.92 Å². The Bertz CT molecular complexity index is 564. The third-order valence-corrected chi connectivity index (χ3v) is 5.02. The summed E-state index contributed by atoms with van der Waals surface area (Å²) in [5.74, 6) is 1.25. The van der Waals surface area contributed by atoms with E-state index in [0.717, 1.165) is 43.7 Å². The van der Waals surface area contributed by atoms with Gasteiger partial charge >= 0.3 is 6.09 Å². The third kappa shape index (κ3) is 5.08. The SMILES string of the molecule is CC(C)COC(=O)Nc1ccnc(N2CCN(C3CCCC3)CC2)c1. The molecular weight excluding hydrogens is 316 g/mol. The van der Waals surface area contributed by atoms with E-state index in [2.05, 4.69) is 20.1 Å². The van der Waals surface area contributed by atoms with Crippen molar-refractivity contribution in [2.45, 2.75) is 45.6 Å². The summed E-state index contributed by atoms with van der Waals surface area (Å²) in [6.45, 7) is 8.63. The molecule has 2 aliphatic rings. The number of aromatic nitrogens is 1. The molecule has 1 N–H and O–H groups in total. The molecule has 0 aromatic carbocycles. The lowest BCUT2D eigenvalue weighted by atomic mass is 10.2. The standard InChI is InChI=1S/C19H30N4O2/c1-15(2)14-25-19(24)21-16-7-8-20-18(13-16)23-11-9-22(10-12-23)17-5-3-4-6-17/h7-8,13,15,17H,3-6,9-12,14H2,1-2H3,(H,20,21,24). The van der Waals surface area contributed by atoms with Gasteiger partial charge in [-0.15, -0.1) is 0 Å². The second-order valence-corrected chi connectivity index (χ2v) is 7.48. The van der Waals surface area contributed by atoms with Gasteiger partial charge in [0.1, 0.15) is 5.82 Å². The van der Waals surface area contributed by atoms with Crippen molar-refractivity contribution in [1.29, 1.82) is 0 Å². The van der Waals surface area contributed by atoms with E-state index in [1.165, 1.54) is 25.7 Å². The fourth-order valence-electron chi connectivity index (χ4n) is 3.65. The lowest BCUT2D eigenvalue weighted by Gasteiger charge is -2.38. The van der Waals surface area contributed by atoms with Crippen LogP contribution in [0, 0.1) is 5.92 Å². The molecule has 1 saturated heterocycles. The summed E-state index contributed by atoms with van der Waals surface area (Å²) >= 11 is 0.